The molecule has 0 bridgehead atoms. The molecule has 1 aromatic rings. The Hall–Kier alpha value is -2.08. The summed E-state index contributed by atoms with van der Waals surface area (Å²) in [4.78, 5) is 23.8. The molecule has 0 radical (unpaired) electrons. The second-order valence-corrected chi connectivity index (χ2v) is 4.27. The van der Waals surface area contributed by atoms with Crippen LogP contribution in [0, 0.1) is 5.92 Å². The van der Waals surface area contributed by atoms with Crippen LogP contribution in [0.4, 0.5) is 5.69 Å². The summed E-state index contributed by atoms with van der Waals surface area (Å²) >= 11 is 0. The molecule has 96 valence electrons. The van der Waals surface area contributed by atoms with Gasteiger partial charge in [-0.2, -0.15) is 0 Å². The lowest BCUT2D eigenvalue weighted by molar-refractivity contribution is -0.117. The number of aliphatic hydroxyl groups is 1. The van der Waals surface area contributed by atoms with Gasteiger partial charge in [0.1, 0.15) is 5.75 Å². The number of phenols is 1. The number of carbonyl (C=O) groups excluding carboxylic acids is 1. The number of aromatic hydroxyl groups is 1. The summed E-state index contributed by atoms with van der Waals surface area (Å²) in [6.45, 7) is 0.242. The molecule has 3 N–H and O–H groups in total. The molecule has 0 saturated carbocycles. The topological polar surface area (TPSA) is 98.1 Å². The van der Waals surface area contributed by atoms with Crippen LogP contribution in [0.25, 0.3) is 0 Å². The lowest BCUT2D eigenvalue weighted by Gasteiger charge is -2.18. The molecule has 1 heterocycles. The van der Waals surface area contributed by atoms with E-state index in [4.69, 9.17) is 10.2 Å². The van der Waals surface area contributed by atoms with Crippen LogP contribution in [0.2, 0.25) is 0 Å². The Kier molecular flexibility index (Phi) is 3.20. The first-order valence-electron chi connectivity index (χ1n) is 5.50. The van der Waals surface area contributed by atoms with Crippen molar-refractivity contribution in [2.75, 3.05) is 18.1 Å². The van der Waals surface area contributed by atoms with Crippen molar-refractivity contribution in [2.45, 2.75) is 6.42 Å². The van der Waals surface area contributed by atoms with Gasteiger partial charge < -0.3 is 20.2 Å². The van der Waals surface area contributed by atoms with Crippen molar-refractivity contribution in [3.05, 3.63) is 23.8 Å². The van der Waals surface area contributed by atoms with E-state index in [0.29, 0.717) is 6.54 Å². The van der Waals surface area contributed by atoms with E-state index in [9.17, 15) is 14.7 Å². The van der Waals surface area contributed by atoms with E-state index in [1.54, 1.807) is 0 Å². The van der Waals surface area contributed by atoms with Gasteiger partial charge in [0.15, 0.2) is 0 Å². The second-order valence-electron chi connectivity index (χ2n) is 4.27. The smallest absolute Gasteiger partial charge is 0.335 e. The van der Waals surface area contributed by atoms with Gasteiger partial charge in [-0.25, -0.2) is 4.79 Å². The first-order valence-corrected chi connectivity index (χ1v) is 5.50. The molecular weight excluding hydrogens is 238 g/mol. The van der Waals surface area contributed by atoms with Crippen LogP contribution in [-0.4, -0.2) is 40.3 Å². The highest BCUT2D eigenvalue weighted by atomic mass is 16.4. The molecule has 6 heteroatoms. The third kappa shape index (κ3) is 2.14. The number of nitrogens with zero attached hydrogens (tertiary/aromatic N) is 1. The number of carboxylic acids is 1. The maximum atomic E-state index is 11.7. The molecule has 6 nitrogen and oxygen atoms in total. The predicted molar refractivity (Wildman–Crippen MR) is 62.6 cm³/mol. The largest absolute Gasteiger partial charge is 0.506 e. The minimum Gasteiger partial charge on any atom is -0.506 e. The molecule has 1 unspecified atom stereocenters. The summed E-state index contributed by atoms with van der Waals surface area (Å²) in [5.74, 6) is -1.72. The van der Waals surface area contributed by atoms with Gasteiger partial charge in [-0.1, -0.05) is 0 Å². The first kappa shape index (κ1) is 12.4. The normalized spacial score (nSPS) is 19.3. The molecule has 0 aliphatic carbocycles. The molecule has 1 fully saturated rings. The van der Waals surface area contributed by atoms with Crippen LogP contribution in [0.1, 0.15) is 16.8 Å². The van der Waals surface area contributed by atoms with E-state index in [2.05, 4.69) is 0 Å². The van der Waals surface area contributed by atoms with Crippen molar-refractivity contribution in [2.24, 2.45) is 5.92 Å². The van der Waals surface area contributed by atoms with Gasteiger partial charge in [-0.05, 0) is 18.2 Å². The summed E-state index contributed by atoms with van der Waals surface area (Å²) in [5.41, 5.74) is 0.238. The highest BCUT2D eigenvalue weighted by Crippen LogP contribution is 2.32. The van der Waals surface area contributed by atoms with Gasteiger partial charge in [0.25, 0.3) is 0 Å². The highest BCUT2D eigenvalue weighted by molar-refractivity contribution is 5.98. The monoisotopic (exact) mass is 251 g/mol. The molecule has 1 amide bonds. The number of phenolic OH excluding ortho intramolecular Hbond substituents is 1. The van der Waals surface area contributed by atoms with Crippen molar-refractivity contribution in [3.8, 4) is 5.75 Å². The number of aromatic carboxylic acids is 1. The van der Waals surface area contributed by atoms with Crippen LogP contribution in [-0.2, 0) is 4.79 Å². The van der Waals surface area contributed by atoms with E-state index < -0.39 is 5.97 Å². The standard InChI is InChI=1S/C12H13NO5/c14-6-7-3-11(16)13(5-7)9-2-1-8(12(17)18)4-10(9)15/h1-2,4,7,14-15H,3,5-6H2,(H,17,18). The van der Waals surface area contributed by atoms with Gasteiger partial charge in [-0.15, -0.1) is 0 Å². The SMILES string of the molecule is O=C(O)c1ccc(N2CC(CO)CC2=O)c(O)c1. The second kappa shape index (κ2) is 4.66. The highest BCUT2D eigenvalue weighted by Gasteiger charge is 2.31. The Balaban J connectivity index is 2.29. The van der Waals surface area contributed by atoms with Gasteiger partial charge in [0.05, 0.1) is 11.3 Å². The predicted octanol–water partition coefficient (Wildman–Crippen LogP) is 0.436. The summed E-state index contributed by atoms with van der Waals surface area (Å²) in [6.07, 6.45) is 0.233. The van der Waals surface area contributed by atoms with Crippen molar-refractivity contribution in [1.29, 1.82) is 0 Å². The number of aliphatic hydroxyl groups excluding tert-OH is 1. The summed E-state index contributed by atoms with van der Waals surface area (Å²) < 4.78 is 0. The molecule has 2 rings (SSSR count). The summed E-state index contributed by atoms with van der Waals surface area (Å²) in [7, 11) is 0. The molecular formula is C12H13NO5. The molecule has 1 aliphatic rings. The Morgan fingerprint density at radius 3 is 2.67 bits per heavy atom. The zero-order valence-electron chi connectivity index (χ0n) is 9.54. The molecule has 1 aromatic carbocycles. The number of hydrogen-bond acceptors (Lipinski definition) is 4. The Bertz CT molecular complexity index is 499. The molecule has 1 atom stereocenters. The van der Waals surface area contributed by atoms with Gasteiger partial charge in [0.2, 0.25) is 5.91 Å². The molecule has 1 aliphatic heterocycles. The number of carboxylic acid groups (broad SMARTS) is 1. The van der Waals surface area contributed by atoms with Crippen LogP contribution in [0.15, 0.2) is 18.2 Å². The van der Waals surface area contributed by atoms with Crippen molar-refractivity contribution >= 4 is 17.6 Å². The van der Waals surface area contributed by atoms with Crippen molar-refractivity contribution in [3.63, 3.8) is 0 Å². The fourth-order valence-electron chi connectivity index (χ4n) is 2.02. The number of rotatable bonds is 3. The van der Waals surface area contributed by atoms with E-state index in [-0.39, 0.29) is 41.9 Å². The number of amides is 1. The molecule has 0 spiro atoms. The van der Waals surface area contributed by atoms with E-state index in [0.717, 1.165) is 6.07 Å². The molecule has 18 heavy (non-hydrogen) atoms. The third-order valence-corrected chi connectivity index (χ3v) is 2.98. The average Bonchev–Trinajstić information content (AvgIpc) is 2.70. The van der Waals surface area contributed by atoms with Crippen molar-refractivity contribution in [1.82, 2.24) is 0 Å². The average molecular weight is 251 g/mol. The zero-order chi connectivity index (χ0) is 13.3. The minimum absolute atomic E-state index is 0.0402. The number of carbonyl (C=O) groups is 2. The maximum absolute atomic E-state index is 11.7. The maximum Gasteiger partial charge on any atom is 0.335 e. The van der Waals surface area contributed by atoms with Crippen LogP contribution < -0.4 is 4.90 Å². The zero-order valence-corrected chi connectivity index (χ0v) is 9.54. The van der Waals surface area contributed by atoms with E-state index >= 15 is 0 Å². The molecule has 1 saturated heterocycles. The molecule has 0 aromatic heterocycles. The van der Waals surface area contributed by atoms with E-state index in [1.807, 2.05) is 0 Å². The minimum atomic E-state index is -1.14. The van der Waals surface area contributed by atoms with Crippen LogP contribution >= 0.6 is 0 Å². The fraction of sp³-hybridized carbons (Fsp3) is 0.333. The lowest BCUT2D eigenvalue weighted by Crippen LogP contribution is -2.25. The van der Waals surface area contributed by atoms with Crippen LogP contribution in [0.5, 0.6) is 5.75 Å². The number of benzene rings is 1. The van der Waals surface area contributed by atoms with Crippen molar-refractivity contribution < 1.29 is 24.9 Å². The Morgan fingerprint density at radius 1 is 1.44 bits per heavy atom. The van der Waals surface area contributed by atoms with E-state index in [1.165, 1.54) is 17.0 Å². The Labute approximate surface area is 103 Å². The van der Waals surface area contributed by atoms with Gasteiger partial charge in [-0.3, -0.25) is 4.79 Å². The number of hydrogen-bond donors (Lipinski definition) is 3. The first-order chi connectivity index (χ1) is 8.52. The van der Waals surface area contributed by atoms with Gasteiger partial charge in [0, 0.05) is 25.5 Å². The fourth-order valence-corrected chi connectivity index (χ4v) is 2.02. The third-order valence-electron chi connectivity index (χ3n) is 2.98. The summed E-state index contributed by atoms with van der Waals surface area (Å²) in [6, 6.07) is 3.84. The number of anilines is 1. The quantitative estimate of drug-likeness (QED) is 0.724. The van der Waals surface area contributed by atoms with Crippen LogP contribution in [0.3, 0.4) is 0 Å². The van der Waals surface area contributed by atoms with Gasteiger partial charge >= 0.3 is 5.97 Å². The Morgan fingerprint density at radius 2 is 2.17 bits per heavy atom. The lowest BCUT2D eigenvalue weighted by atomic mass is 10.1. The summed E-state index contributed by atoms with van der Waals surface area (Å²) in [5, 5.41) is 27.5.